The van der Waals surface area contributed by atoms with Crippen molar-refractivity contribution in [3.05, 3.63) is 109 Å². The van der Waals surface area contributed by atoms with Gasteiger partial charge in [-0.1, -0.05) is 97.6 Å². The molecule has 0 atom stereocenters. The summed E-state index contributed by atoms with van der Waals surface area (Å²) in [5, 5.41) is 2.05. The van der Waals surface area contributed by atoms with Crippen molar-refractivity contribution in [2.24, 2.45) is 0 Å². The van der Waals surface area contributed by atoms with E-state index in [1.807, 2.05) is 84.9 Å². The van der Waals surface area contributed by atoms with Gasteiger partial charge in [-0.05, 0) is 28.1 Å². The second-order valence-electron chi connectivity index (χ2n) is 6.86. The van der Waals surface area contributed by atoms with Crippen LogP contribution in [0.25, 0.3) is 27.6 Å². The van der Waals surface area contributed by atoms with Gasteiger partial charge in [-0.25, -0.2) is 0 Å². The first-order chi connectivity index (χ1) is 14.7. The van der Waals surface area contributed by atoms with E-state index < -0.39 is 0 Å². The maximum Gasteiger partial charge on any atom is 0.276 e. The highest BCUT2D eigenvalue weighted by molar-refractivity contribution is 5.88. The molecule has 0 radical (unpaired) electrons. The second-order valence-corrected chi connectivity index (χ2v) is 6.86. The van der Waals surface area contributed by atoms with Crippen LogP contribution in [0.4, 0.5) is 0 Å². The van der Waals surface area contributed by atoms with Crippen LogP contribution in [-0.4, -0.2) is 12.5 Å². The van der Waals surface area contributed by atoms with E-state index in [0.717, 1.165) is 27.5 Å². The number of carbonyl (C=O) groups excluding carboxylic acids is 1. The second kappa shape index (κ2) is 8.97. The molecule has 4 aromatic rings. The predicted molar refractivity (Wildman–Crippen MR) is 122 cm³/mol. The minimum absolute atomic E-state index is 0.0960. The predicted octanol–water partition coefficient (Wildman–Crippen LogP) is 5.18. The molecule has 4 heteroatoms. The van der Waals surface area contributed by atoms with Gasteiger partial charge < -0.3 is 4.74 Å². The fourth-order valence-corrected chi connectivity index (χ4v) is 3.21. The molecule has 0 spiro atoms. The first-order valence-electron chi connectivity index (χ1n) is 9.71. The summed E-state index contributed by atoms with van der Waals surface area (Å²) in [4.78, 5) is 12.2. The summed E-state index contributed by atoms with van der Waals surface area (Å²) in [7, 11) is 0. The summed E-state index contributed by atoms with van der Waals surface area (Å²) < 4.78 is 5.70. The van der Waals surface area contributed by atoms with Gasteiger partial charge >= 0.3 is 0 Å². The third kappa shape index (κ3) is 4.50. The monoisotopic (exact) mass is 394 g/mol. The summed E-state index contributed by atoms with van der Waals surface area (Å²) in [6.07, 6.45) is 0. The summed E-state index contributed by atoms with van der Waals surface area (Å²) in [6, 6.07) is 31.8. The fourth-order valence-electron chi connectivity index (χ4n) is 3.21. The highest BCUT2D eigenvalue weighted by atomic mass is 16.5. The summed E-state index contributed by atoms with van der Waals surface area (Å²) in [5.74, 6) is 0.392. The molecule has 148 valence electrons. The Bertz CT molecular complexity index is 1160. The average Bonchev–Trinajstić information content (AvgIpc) is 2.82. The van der Waals surface area contributed by atoms with E-state index in [0.29, 0.717) is 11.4 Å². The number of ether oxygens (including phenoxy) is 1. The van der Waals surface area contributed by atoms with E-state index in [4.69, 9.17) is 4.74 Å². The lowest BCUT2D eigenvalue weighted by molar-refractivity contribution is -0.123. The van der Waals surface area contributed by atoms with Gasteiger partial charge in [-0.3, -0.25) is 15.6 Å². The van der Waals surface area contributed by atoms with Crippen molar-refractivity contribution in [1.82, 2.24) is 10.9 Å². The molecule has 4 aromatic carbocycles. The van der Waals surface area contributed by atoms with E-state index in [1.54, 1.807) is 0 Å². The Balaban J connectivity index is 1.31. The Morgan fingerprint density at radius 1 is 0.733 bits per heavy atom. The van der Waals surface area contributed by atoms with Gasteiger partial charge in [0.05, 0.1) is 5.70 Å². The quantitative estimate of drug-likeness (QED) is 0.425. The zero-order valence-electron chi connectivity index (χ0n) is 16.5. The molecule has 0 saturated carbocycles. The maximum atomic E-state index is 12.2. The SMILES string of the molecule is C=C(NNC(=O)COc1cccc2ccccc12)c1ccc(-c2ccccc2)cc1. The van der Waals surface area contributed by atoms with Gasteiger partial charge in [0.15, 0.2) is 6.61 Å². The minimum Gasteiger partial charge on any atom is -0.483 e. The Morgan fingerprint density at radius 2 is 1.40 bits per heavy atom. The lowest BCUT2D eigenvalue weighted by atomic mass is 10.0. The molecule has 2 N–H and O–H groups in total. The van der Waals surface area contributed by atoms with Crippen LogP contribution >= 0.6 is 0 Å². The van der Waals surface area contributed by atoms with Crippen LogP contribution in [0.2, 0.25) is 0 Å². The van der Waals surface area contributed by atoms with Crippen LogP contribution in [0.1, 0.15) is 5.56 Å². The number of nitrogens with one attached hydrogen (secondary N) is 2. The molecule has 0 bridgehead atoms. The average molecular weight is 394 g/mol. The molecular weight excluding hydrogens is 372 g/mol. The number of hydrogen-bond donors (Lipinski definition) is 2. The Hall–Kier alpha value is -4.05. The molecule has 4 rings (SSSR count). The van der Waals surface area contributed by atoms with E-state index in [2.05, 4.69) is 29.6 Å². The van der Waals surface area contributed by atoms with E-state index in [1.165, 1.54) is 0 Å². The third-order valence-electron chi connectivity index (χ3n) is 4.80. The molecule has 0 aliphatic carbocycles. The molecule has 0 aromatic heterocycles. The van der Waals surface area contributed by atoms with Crippen LogP contribution in [0.3, 0.4) is 0 Å². The smallest absolute Gasteiger partial charge is 0.276 e. The van der Waals surface area contributed by atoms with Crippen molar-refractivity contribution >= 4 is 22.4 Å². The van der Waals surface area contributed by atoms with Crippen molar-refractivity contribution in [2.45, 2.75) is 0 Å². The van der Waals surface area contributed by atoms with Crippen molar-refractivity contribution in [3.8, 4) is 16.9 Å². The number of fused-ring (bicyclic) bond motifs is 1. The van der Waals surface area contributed by atoms with E-state index >= 15 is 0 Å². The highest BCUT2D eigenvalue weighted by Crippen LogP contribution is 2.25. The summed E-state index contributed by atoms with van der Waals surface area (Å²) in [6.45, 7) is 3.90. The maximum absolute atomic E-state index is 12.2. The first-order valence-corrected chi connectivity index (χ1v) is 9.71. The molecule has 0 fully saturated rings. The number of rotatable bonds is 7. The first kappa shape index (κ1) is 19.3. The molecule has 1 amide bonds. The third-order valence-corrected chi connectivity index (χ3v) is 4.80. The normalized spacial score (nSPS) is 10.4. The van der Waals surface area contributed by atoms with Gasteiger partial charge in [0, 0.05) is 5.39 Å². The molecule has 0 heterocycles. The van der Waals surface area contributed by atoms with Crippen LogP contribution in [0.15, 0.2) is 104 Å². The Kier molecular flexibility index (Phi) is 5.76. The summed E-state index contributed by atoms with van der Waals surface area (Å²) >= 11 is 0. The zero-order valence-corrected chi connectivity index (χ0v) is 16.5. The van der Waals surface area contributed by atoms with Crippen molar-refractivity contribution in [1.29, 1.82) is 0 Å². The number of hydrazine groups is 1. The van der Waals surface area contributed by atoms with Crippen LogP contribution in [0.5, 0.6) is 5.75 Å². The van der Waals surface area contributed by atoms with Gasteiger partial charge in [0.1, 0.15) is 5.75 Å². The van der Waals surface area contributed by atoms with E-state index in [9.17, 15) is 4.79 Å². The Morgan fingerprint density at radius 3 is 2.20 bits per heavy atom. The van der Waals surface area contributed by atoms with Crippen molar-refractivity contribution in [2.75, 3.05) is 6.61 Å². The van der Waals surface area contributed by atoms with Crippen molar-refractivity contribution < 1.29 is 9.53 Å². The summed E-state index contributed by atoms with van der Waals surface area (Å²) in [5.41, 5.74) is 9.27. The molecule has 4 nitrogen and oxygen atoms in total. The lowest BCUT2D eigenvalue weighted by Gasteiger charge is -2.13. The minimum atomic E-state index is -0.287. The number of benzene rings is 4. The van der Waals surface area contributed by atoms with Crippen LogP contribution < -0.4 is 15.6 Å². The largest absolute Gasteiger partial charge is 0.483 e. The molecule has 0 aliphatic rings. The molecule has 0 unspecified atom stereocenters. The number of amides is 1. The van der Waals surface area contributed by atoms with E-state index in [-0.39, 0.29) is 12.5 Å². The molecule has 0 aliphatic heterocycles. The number of hydrogen-bond acceptors (Lipinski definition) is 3. The van der Waals surface area contributed by atoms with Crippen LogP contribution in [-0.2, 0) is 4.79 Å². The fraction of sp³-hybridized carbons (Fsp3) is 0.0385. The molecule has 30 heavy (non-hydrogen) atoms. The highest BCUT2D eigenvalue weighted by Gasteiger charge is 2.07. The van der Waals surface area contributed by atoms with Gasteiger partial charge in [0.25, 0.3) is 5.91 Å². The zero-order chi connectivity index (χ0) is 20.8. The van der Waals surface area contributed by atoms with Gasteiger partial charge in [0.2, 0.25) is 0 Å². The lowest BCUT2D eigenvalue weighted by Crippen LogP contribution is -2.38. The number of carbonyl (C=O) groups is 1. The van der Waals surface area contributed by atoms with Crippen molar-refractivity contribution in [3.63, 3.8) is 0 Å². The van der Waals surface area contributed by atoms with Gasteiger partial charge in [-0.15, -0.1) is 0 Å². The van der Waals surface area contributed by atoms with Crippen LogP contribution in [0, 0.1) is 0 Å². The van der Waals surface area contributed by atoms with Gasteiger partial charge in [-0.2, -0.15) is 0 Å². The molecule has 0 saturated heterocycles. The molecular formula is C26H22N2O2. The Labute approximate surface area is 175 Å². The topological polar surface area (TPSA) is 50.4 Å². The standard InChI is InChI=1S/C26H22N2O2/c1-19(20-14-16-22(17-15-20)21-8-3-2-4-9-21)27-28-26(29)18-30-25-13-7-11-23-10-5-6-12-24(23)25/h2-17,27H,1,18H2,(H,28,29).